The van der Waals surface area contributed by atoms with Gasteiger partial charge in [-0.25, -0.2) is 0 Å². The van der Waals surface area contributed by atoms with Crippen molar-refractivity contribution < 1.29 is 28.2 Å². The van der Waals surface area contributed by atoms with E-state index in [1.54, 1.807) is 13.8 Å². The van der Waals surface area contributed by atoms with E-state index in [2.05, 4.69) is 10.1 Å². The molecular formula is C15H19F2NO4. The van der Waals surface area contributed by atoms with E-state index < -0.39 is 24.0 Å². The summed E-state index contributed by atoms with van der Waals surface area (Å²) >= 11 is 0. The molecule has 1 rings (SSSR count). The SMILES string of the molecule is CCC(CC)(CC(=O)O)NC(=O)c1cccc(OC(F)F)c1. The summed E-state index contributed by atoms with van der Waals surface area (Å²) in [7, 11) is 0. The van der Waals surface area contributed by atoms with Crippen LogP contribution in [0.4, 0.5) is 8.78 Å². The summed E-state index contributed by atoms with van der Waals surface area (Å²) in [6, 6.07) is 5.37. The molecule has 0 aliphatic carbocycles. The predicted molar refractivity (Wildman–Crippen MR) is 76.1 cm³/mol. The first-order valence-electron chi connectivity index (χ1n) is 6.91. The first kappa shape index (κ1) is 17.9. The van der Waals surface area contributed by atoms with Gasteiger partial charge in [-0.05, 0) is 31.0 Å². The maximum atomic E-state index is 12.3. The van der Waals surface area contributed by atoms with Crippen LogP contribution in [0.5, 0.6) is 5.75 Å². The van der Waals surface area contributed by atoms with Crippen molar-refractivity contribution in [2.75, 3.05) is 0 Å². The molecule has 0 aliphatic rings. The van der Waals surface area contributed by atoms with Crippen LogP contribution in [0, 0.1) is 0 Å². The summed E-state index contributed by atoms with van der Waals surface area (Å²) in [4.78, 5) is 23.2. The molecule has 0 unspecified atom stereocenters. The Morgan fingerprint density at radius 2 is 1.95 bits per heavy atom. The van der Waals surface area contributed by atoms with Crippen molar-refractivity contribution in [3.05, 3.63) is 29.8 Å². The molecule has 0 fully saturated rings. The minimum atomic E-state index is -2.98. The van der Waals surface area contributed by atoms with Gasteiger partial charge in [-0.3, -0.25) is 9.59 Å². The molecule has 0 radical (unpaired) electrons. The molecule has 1 aromatic carbocycles. The molecule has 0 saturated carbocycles. The number of alkyl halides is 2. The van der Waals surface area contributed by atoms with Crippen molar-refractivity contribution in [3.63, 3.8) is 0 Å². The Morgan fingerprint density at radius 3 is 2.45 bits per heavy atom. The van der Waals surface area contributed by atoms with Crippen molar-refractivity contribution in [2.45, 2.75) is 45.3 Å². The van der Waals surface area contributed by atoms with Crippen LogP contribution in [0.2, 0.25) is 0 Å². The average Bonchev–Trinajstić information content (AvgIpc) is 2.45. The second-order valence-corrected chi connectivity index (χ2v) is 4.92. The van der Waals surface area contributed by atoms with Crippen LogP contribution in [-0.4, -0.2) is 29.1 Å². The number of rotatable bonds is 8. The number of carboxylic acid groups (broad SMARTS) is 1. The number of ether oxygens (including phenoxy) is 1. The highest BCUT2D eigenvalue weighted by Gasteiger charge is 2.31. The molecule has 22 heavy (non-hydrogen) atoms. The molecule has 0 bridgehead atoms. The van der Waals surface area contributed by atoms with E-state index in [-0.39, 0.29) is 17.7 Å². The monoisotopic (exact) mass is 315 g/mol. The molecule has 0 aromatic heterocycles. The number of hydrogen-bond acceptors (Lipinski definition) is 3. The van der Waals surface area contributed by atoms with E-state index in [0.717, 1.165) is 0 Å². The number of hydrogen-bond donors (Lipinski definition) is 2. The van der Waals surface area contributed by atoms with Gasteiger partial charge in [0.25, 0.3) is 5.91 Å². The van der Waals surface area contributed by atoms with E-state index in [9.17, 15) is 18.4 Å². The number of nitrogens with one attached hydrogen (secondary N) is 1. The molecule has 0 aliphatic heterocycles. The third-order valence-corrected chi connectivity index (χ3v) is 3.54. The van der Waals surface area contributed by atoms with Gasteiger partial charge in [0.1, 0.15) is 5.75 Å². The Balaban J connectivity index is 2.92. The molecule has 2 N–H and O–H groups in total. The summed E-state index contributed by atoms with van der Waals surface area (Å²) in [6.45, 7) is 0.585. The Labute approximate surface area is 127 Å². The minimum Gasteiger partial charge on any atom is -0.481 e. The minimum absolute atomic E-state index is 0.125. The lowest BCUT2D eigenvalue weighted by Crippen LogP contribution is -2.49. The van der Waals surface area contributed by atoms with E-state index in [0.29, 0.717) is 12.8 Å². The quantitative estimate of drug-likeness (QED) is 0.773. The highest BCUT2D eigenvalue weighted by molar-refractivity contribution is 5.95. The summed E-state index contributed by atoms with van der Waals surface area (Å²) in [5, 5.41) is 11.7. The number of carboxylic acids is 1. The molecule has 5 nitrogen and oxygen atoms in total. The van der Waals surface area contributed by atoms with Gasteiger partial charge < -0.3 is 15.2 Å². The highest BCUT2D eigenvalue weighted by Crippen LogP contribution is 2.22. The van der Waals surface area contributed by atoms with E-state index in [1.165, 1.54) is 24.3 Å². The largest absolute Gasteiger partial charge is 0.481 e. The molecule has 7 heteroatoms. The summed E-state index contributed by atoms with van der Waals surface area (Å²) in [5.41, 5.74) is -0.738. The van der Waals surface area contributed by atoms with Gasteiger partial charge >= 0.3 is 12.6 Å². The van der Waals surface area contributed by atoms with Gasteiger partial charge in [0.15, 0.2) is 0 Å². The first-order chi connectivity index (χ1) is 10.3. The third-order valence-electron chi connectivity index (χ3n) is 3.54. The Hall–Kier alpha value is -2.18. The molecule has 122 valence electrons. The van der Waals surface area contributed by atoms with Crippen molar-refractivity contribution in [1.29, 1.82) is 0 Å². The standard InChI is InChI=1S/C15H19F2NO4/c1-3-15(4-2,9-12(19)20)18-13(21)10-6-5-7-11(8-10)22-14(16)17/h5-8,14H,3-4,9H2,1-2H3,(H,18,21)(H,19,20). The van der Waals surface area contributed by atoms with Crippen LogP contribution in [0.25, 0.3) is 0 Å². The lowest BCUT2D eigenvalue weighted by Gasteiger charge is -2.31. The molecule has 0 spiro atoms. The number of benzene rings is 1. The Kier molecular flexibility index (Phi) is 6.27. The fourth-order valence-corrected chi connectivity index (χ4v) is 2.14. The van der Waals surface area contributed by atoms with Gasteiger partial charge in [-0.15, -0.1) is 0 Å². The second-order valence-electron chi connectivity index (χ2n) is 4.92. The maximum Gasteiger partial charge on any atom is 0.387 e. The number of amides is 1. The van der Waals surface area contributed by atoms with E-state index in [4.69, 9.17) is 5.11 Å². The van der Waals surface area contributed by atoms with Gasteiger partial charge in [0, 0.05) is 5.56 Å². The van der Waals surface area contributed by atoms with Crippen molar-refractivity contribution in [2.24, 2.45) is 0 Å². The van der Waals surface area contributed by atoms with Gasteiger partial charge in [0.05, 0.1) is 12.0 Å². The topological polar surface area (TPSA) is 75.6 Å². The normalized spacial score (nSPS) is 11.3. The zero-order valence-corrected chi connectivity index (χ0v) is 12.4. The summed E-state index contributed by atoms with van der Waals surface area (Å²) in [5.74, 6) is -1.66. The molecule has 0 saturated heterocycles. The molecule has 1 amide bonds. The Bertz CT molecular complexity index is 530. The lowest BCUT2D eigenvalue weighted by atomic mass is 9.88. The van der Waals surface area contributed by atoms with Crippen LogP contribution in [0.1, 0.15) is 43.5 Å². The molecule has 1 aromatic rings. The van der Waals surface area contributed by atoms with Crippen LogP contribution in [-0.2, 0) is 4.79 Å². The van der Waals surface area contributed by atoms with Crippen LogP contribution >= 0.6 is 0 Å². The highest BCUT2D eigenvalue weighted by atomic mass is 19.3. The first-order valence-corrected chi connectivity index (χ1v) is 6.91. The summed E-state index contributed by atoms with van der Waals surface area (Å²) in [6.07, 6.45) is 0.669. The Morgan fingerprint density at radius 1 is 1.32 bits per heavy atom. The van der Waals surface area contributed by atoms with Crippen LogP contribution in [0.3, 0.4) is 0 Å². The van der Waals surface area contributed by atoms with Crippen molar-refractivity contribution >= 4 is 11.9 Å². The average molecular weight is 315 g/mol. The molecule has 0 heterocycles. The van der Waals surface area contributed by atoms with Gasteiger partial charge in [0.2, 0.25) is 0 Å². The predicted octanol–water partition coefficient (Wildman–Crippen LogP) is 3.05. The molecular weight excluding hydrogens is 296 g/mol. The zero-order valence-electron chi connectivity index (χ0n) is 12.4. The molecule has 0 atom stereocenters. The smallest absolute Gasteiger partial charge is 0.387 e. The fourth-order valence-electron chi connectivity index (χ4n) is 2.14. The van der Waals surface area contributed by atoms with E-state index >= 15 is 0 Å². The van der Waals surface area contributed by atoms with Crippen molar-refractivity contribution in [1.82, 2.24) is 5.32 Å². The lowest BCUT2D eigenvalue weighted by molar-refractivity contribution is -0.138. The maximum absolute atomic E-state index is 12.3. The zero-order chi connectivity index (χ0) is 16.8. The number of halogens is 2. The fraction of sp³-hybridized carbons (Fsp3) is 0.467. The van der Waals surface area contributed by atoms with Crippen LogP contribution in [0.15, 0.2) is 24.3 Å². The summed E-state index contributed by atoms with van der Waals surface area (Å²) < 4.78 is 28.6. The van der Waals surface area contributed by atoms with Gasteiger partial charge in [-0.1, -0.05) is 19.9 Å². The second kappa shape index (κ2) is 7.72. The van der Waals surface area contributed by atoms with Crippen molar-refractivity contribution in [3.8, 4) is 5.75 Å². The van der Waals surface area contributed by atoms with E-state index in [1.807, 2.05) is 0 Å². The van der Waals surface area contributed by atoms with Gasteiger partial charge in [-0.2, -0.15) is 8.78 Å². The number of carbonyl (C=O) groups is 2. The third kappa shape index (κ3) is 4.98. The number of carbonyl (C=O) groups excluding carboxylic acids is 1. The number of aliphatic carboxylic acids is 1. The van der Waals surface area contributed by atoms with Crippen LogP contribution < -0.4 is 10.1 Å².